The molecule has 32 heavy (non-hydrogen) atoms. The SMILES string of the molecule is O=C1c2c(c3c(c4c2C(F)(F)C(F)(F)C4(F)F)C(F)(F)C(F)(F)C3(F)F)C(F)(F)C1(F)F. The molecule has 0 aliphatic heterocycles. The van der Waals surface area contributed by atoms with Crippen molar-refractivity contribution in [3.8, 4) is 0 Å². The van der Waals surface area contributed by atoms with Crippen LogP contribution in [0.2, 0.25) is 0 Å². The van der Waals surface area contributed by atoms with E-state index in [4.69, 9.17) is 0 Å². The van der Waals surface area contributed by atoms with Crippen LogP contribution in [-0.4, -0.2) is 23.6 Å². The van der Waals surface area contributed by atoms with Crippen LogP contribution in [0.15, 0.2) is 0 Å². The van der Waals surface area contributed by atoms with E-state index in [1.54, 1.807) is 0 Å². The summed E-state index contributed by atoms with van der Waals surface area (Å²) in [5.74, 6) is -57.5. The molecule has 0 spiro atoms. The van der Waals surface area contributed by atoms with Crippen molar-refractivity contribution in [3.63, 3.8) is 0 Å². The highest BCUT2D eigenvalue weighted by atomic mass is 19.4. The van der Waals surface area contributed by atoms with Gasteiger partial charge in [-0.1, -0.05) is 0 Å². The molecule has 0 bridgehead atoms. The van der Waals surface area contributed by atoms with Crippen LogP contribution < -0.4 is 0 Å². The van der Waals surface area contributed by atoms with Crippen LogP contribution in [0.25, 0.3) is 0 Å². The summed E-state index contributed by atoms with van der Waals surface area (Å²) in [6.45, 7) is 0. The summed E-state index contributed by atoms with van der Waals surface area (Å²) in [7, 11) is 0. The molecule has 0 amide bonds. The third-order valence-corrected chi connectivity index (χ3v) is 5.55. The smallest absolute Gasteiger partial charge is 0.287 e. The lowest BCUT2D eigenvalue weighted by Crippen LogP contribution is -2.45. The molecule has 3 aliphatic carbocycles. The summed E-state index contributed by atoms with van der Waals surface area (Å²) in [5.41, 5.74) is -21.7. The molecule has 0 heterocycles. The van der Waals surface area contributed by atoms with E-state index in [-0.39, 0.29) is 0 Å². The molecule has 1 nitrogen and oxygen atoms in total. The van der Waals surface area contributed by atoms with Crippen molar-refractivity contribution in [1.82, 2.24) is 0 Å². The Morgan fingerprint density at radius 1 is 0.344 bits per heavy atom. The molecule has 4 rings (SSSR count). The number of alkyl halides is 16. The lowest BCUT2D eigenvalue weighted by atomic mass is 9.87. The Labute approximate surface area is 163 Å². The van der Waals surface area contributed by atoms with Crippen LogP contribution in [0.4, 0.5) is 70.2 Å². The summed E-state index contributed by atoms with van der Waals surface area (Å²) in [5, 5.41) is 0. The second kappa shape index (κ2) is 4.98. The van der Waals surface area contributed by atoms with Crippen molar-refractivity contribution in [2.45, 2.75) is 47.4 Å². The van der Waals surface area contributed by atoms with Crippen molar-refractivity contribution in [3.05, 3.63) is 33.4 Å². The number of halogens is 16. The van der Waals surface area contributed by atoms with E-state index >= 15 is 0 Å². The summed E-state index contributed by atoms with van der Waals surface area (Å²) in [6.07, 6.45) is 0. The number of ketones is 1. The van der Waals surface area contributed by atoms with Gasteiger partial charge in [-0.3, -0.25) is 4.79 Å². The van der Waals surface area contributed by atoms with Crippen molar-refractivity contribution in [1.29, 1.82) is 0 Å². The topological polar surface area (TPSA) is 17.1 Å². The third kappa shape index (κ3) is 1.75. The first-order chi connectivity index (χ1) is 13.9. The standard InChI is InChI=1S/C15F16O/c16-8(17)2-1(7(32)13(8,26)27)3-5(11(22,23)14(28,29)9(3,18)19)6-4(2)10(20,21)15(30,31)12(6,24)25. The molecule has 0 unspecified atom stereocenters. The highest BCUT2D eigenvalue weighted by molar-refractivity contribution is 6.10. The van der Waals surface area contributed by atoms with E-state index < -0.39 is 86.5 Å². The zero-order chi connectivity index (χ0) is 25.0. The molecule has 0 atom stereocenters. The zero-order valence-electron chi connectivity index (χ0n) is 14.0. The minimum atomic E-state index is -7.01. The summed E-state index contributed by atoms with van der Waals surface area (Å²) in [6, 6.07) is 0. The zero-order valence-corrected chi connectivity index (χ0v) is 14.0. The lowest BCUT2D eigenvalue weighted by molar-refractivity contribution is -0.308. The number of carbonyl (C=O) groups excluding carboxylic acids is 1. The van der Waals surface area contributed by atoms with Gasteiger partial charge in [0.2, 0.25) is 5.78 Å². The van der Waals surface area contributed by atoms with E-state index in [9.17, 15) is 75.0 Å². The van der Waals surface area contributed by atoms with Gasteiger partial charge in [-0.15, -0.1) is 0 Å². The fourth-order valence-electron chi connectivity index (χ4n) is 4.03. The van der Waals surface area contributed by atoms with Crippen LogP contribution in [-0.2, 0) is 29.6 Å². The first-order valence-corrected chi connectivity index (χ1v) is 7.73. The molecule has 3 aliphatic rings. The number of Topliss-reactive ketones (excluding diaryl/α,β-unsaturated/α-hetero) is 1. The molecule has 0 fully saturated rings. The molecule has 1 aromatic rings. The van der Waals surface area contributed by atoms with E-state index in [0.29, 0.717) is 0 Å². The van der Waals surface area contributed by atoms with Gasteiger partial charge in [-0.05, 0) is 0 Å². The van der Waals surface area contributed by atoms with Gasteiger partial charge in [0, 0.05) is 33.4 Å². The maximum atomic E-state index is 14.2. The first kappa shape index (κ1) is 22.9. The van der Waals surface area contributed by atoms with E-state index in [1.807, 2.05) is 0 Å². The number of hydrogen-bond donors (Lipinski definition) is 0. The molecule has 17 heteroatoms. The molecule has 0 aromatic heterocycles. The van der Waals surface area contributed by atoms with Crippen LogP contribution in [0.1, 0.15) is 38.2 Å². The minimum absolute atomic E-state index is 3.27. The average Bonchev–Trinajstić information content (AvgIpc) is 2.87. The second-order valence-corrected chi connectivity index (χ2v) is 7.17. The lowest BCUT2D eigenvalue weighted by Gasteiger charge is -2.26. The number of carbonyl (C=O) groups is 1. The highest BCUT2D eigenvalue weighted by Crippen LogP contribution is 2.74. The molecule has 0 N–H and O–H groups in total. The van der Waals surface area contributed by atoms with Crippen LogP contribution >= 0.6 is 0 Å². The van der Waals surface area contributed by atoms with E-state index in [1.165, 1.54) is 0 Å². The van der Waals surface area contributed by atoms with Crippen LogP contribution in [0.3, 0.4) is 0 Å². The van der Waals surface area contributed by atoms with Gasteiger partial charge in [0.05, 0.1) is 0 Å². The average molecular weight is 500 g/mol. The Balaban J connectivity index is 2.41. The summed E-state index contributed by atoms with van der Waals surface area (Å²) in [4.78, 5) is 11.7. The summed E-state index contributed by atoms with van der Waals surface area (Å²) < 4.78 is 224. The molecule has 0 radical (unpaired) electrons. The van der Waals surface area contributed by atoms with Crippen molar-refractivity contribution < 1.29 is 75.0 Å². The molecule has 0 saturated heterocycles. The minimum Gasteiger partial charge on any atom is -0.287 e. The fraction of sp³-hybridized carbons (Fsp3) is 0.533. The van der Waals surface area contributed by atoms with Gasteiger partial charge in [0.15, 0.2) is 0 Å². The van der Waals surface area contributed by atoms with E-state index in [2.05, 4.69) is 0 Å². The maximum absolute atomic E-state index is 14.2. The molecular formula is C15F16O. The molecule has 178 valence electrons. The molecule has 0 saturated carbocycles. The Bertz CT molecular complexity index is 1080. The van der Waals surface area contributed by atoms with Gasteiger partial charge >= 0.3 is 47.4 Å². The van der Waals surface area contributed by atoms with Gasteiger partial charge in [-0.25, -0.2) is 0 Å². The van der Waals surface area contributed by atoms with Gasteiger partial charge in [0.25, 0.3) is 0 Å². The summed E-state index contributed by atoms with van der Waals surface area (Å²) >= 11 is 0. The Hall–Kier alpha value is -2.23. The second-order valence-electron chi connectivity index (χ2n) is 7.17. The van der Waals surface area contributed by atoms with Crippen molar-refractivity contribution in [2.75, 3.05) is 0 Å². The fourth-order valence-corrected chi connectivity index (χ4v) is 4.03. The van der Waals surface area contributed by atoms with Crippen LogP contribution in [0.5, 0.6) is 0 Å². The Morgan fingerprint density at radius 3 is 0.938 bits per heavy atom. The largest absolute Gasteiger partial charge is 0.380 e. The van der Waals surface area contributed by atoms with Gasteiger partial charge in [0.1, 0.15) is 0 Å². The quantitative estimate of drug-likeness (QED) is 0.384. The third-order valence-electron chi connectivity index (χ3n) is 5.55. The highest BCUT2D eigenvalue weighted by Gasteiger charge is 2.89. The molecule has 1 aromatic carbocycles. The normalized spacial score (nSPS) is 30.1. The molecular weight excluding hydrogens is 500 g/mol. The number of fused-ring (bicyclic) bond motifs is 6. The first-order valence-electron chi connectivity index (χ1n) is 7.73. The number of rotatable bonds is 0. The van der Waals surface area contributed by atoms with Crippen LogP contribution in [0, 0.1) is 0 Å². The van der Waals surface area contributed by atoms with Gasteiger partial charge < -0.3 is 0 Å². The monoisotopic (exact) mass is 500 g/mol. The van der Waals surface area contributed by atoms with Crippen molar-refractivity contribution in [2.24, 2.45) is 0 Å². The van der Waals surface area contributed by atoms with Crippen molar-refractivity contribution >= 4 is 5.78 Å². The Morgan fingerprint density at radius 2 is 0.594 bits per heavy atom. The number of benzene rings is 1. The Kier molecular flexibility index (Phi) is 3.57. The number of hydrogen-bond acceptors (Lipinski definition) is 1. The maximum Gasteiger partial charge on any atom is 0.380 e. The predicted octanol–water partition coefficient (Wildman–Crippen LogP) is 6.28. The van der Waals surface area contributed by atoms with E-state index in [0.717, 1.165) is 0 Å². The predicted molar refractivity (Wildman–Crippen MR) is 65.1 cm³/mol. The van der Waals surface area contributed by atoms with Gasteiger partial charge in [-0.2, -0.15) is 70.2 Å².